The van der Waals surface area contributed by atoms with Crippen LogP contribution in [-0.4, -0.2) is 36.1 Å². The topological polar surface area (TPSA) is 95.1 Å². The zero-order chi connectivity index (χ0) is 14.8. The van der Waals surface area contributed by atoms with Crippen molar-refractivity contribution in [2.45, 2.75) is 51.7 Å². The molecule has 110 valence electrons. The van der Waals surface area contributed by atoms with Gasteiger partial charge in [0, 0.05) is 12.5 Å². The van der Waals surface area contributed by atoms with E-state index in [9.17, 15) is 13.5 Å². The Morgan fingerprint density at radius 2 is 2.00 bits per heavy atom. The van der Waals surface area contributed by atoms with E-state index in [1.165, 1.54) is 6.20 Å². The molecule has 0 saturated carbocycles. The van der Waals surface area contributed by atoms with Crippen molar-refractivity contribution in [3.8, 4) is 0 Å². The Hall–Kier alpha value is -0.920. The number of imidazole rings is 1. The fraction of sp³-hybridized carbons (Fsp3) is 0.750. The molecule has 0 aliphatic carbocycles. The number of H-pyrrole nitrogens is 1. The quantitative estimate of drug-likeness (QED) is 0.759. The van der Waals surface area contributed by atoms with Crippen LogP contribution in [0.5, 0.6) is 0 Å². The molecule has 1 aromatic rings. The van der Waals surface area contributed by atoms with Crippen LogP contribution in [0.25, 0.3) is 0 Å². The maximum absolute atomic E-state index is 12.0. The summed E-state index contributed by atoms with van der Waals surface area (Å²) in [4.78, 5) is 6.79. The second kappa shape index (κ2) is 5.60. The van der Waals surface area contributed by atoms with Gasteiger partial charge in [-0.05, 0) is 5.41 Å². The van der Waals surface area contributed by atoms with Crippen LogP contribution in [0.3, 0.4) is 0 Å². The average molecular weight is 289 g/mol. The van der Waals surface area contributed by atoms with Crippen molar-refractivity contribution >= 4 is 10.0 Å². The number of sulfonamides is 1. The number of aromatic nitrogens is 2. The van der Waals surface area contributed by atoms with Crippen molar-refractivity contribution in [2.75, 3.05) is 6.54 Å². The monoisotopic (exact) mass is 289 g/mol. The summed E-state index contributed by atoms with van der Waals surface area (Å²) in [5.41, 5.74) is -0.375. The van der Waals surface area contributed by atoms with E-state index in [-0.39, 0.29) is 22.9 Å². The third kappa shape index (κ3) is 4.29. The maximum Gasteiger partial charge on any atom is 0.257 e. The van der Waals surface area contributed by atoms with E-state index in [4.69, 9.17) is 0 Å². The second-order valence-electron chi connectivity index (χ2n) is 6.02. The molecule has 7 heteroatoms. The van der Waals surface area contributed by atoms with E-state index < -0.39 is 16.1 Å². The van der Waals surface area contributed by atoms with Crippen LogP contribution in [-0.2, 0) is 10.0 Å². The maximum atomic E-state index is 12.0. The standard InChI is InChI=1S/C12H23N3O3S/c1-8(2)11-13-7-10(15-11)19(17,18)14-6-9(16)12(3,4)5/h7-9,14,16H,6H2,1-5H3,(H,13,15). The number of nitrogens with one attached hydrogen (secondary N) is 2. The average Bonchev–Trinajstić information content (AvgIpc) is 2.74. The predicted octanol–water partition coefficient (Wildman–Crippen LogP) is 1.22. The summed E-state index contributed by atoms with van der Waals surface area (Å²) in [7, 11) is -3.66. The lowest BCUT2D eigenvalue weighted by atomic mass is 9.89. The molecule has 1 aromatic heterocycles. The Balaban J connectivity index is 2.76. The lowest BCUT2D eigenvalue weighted by molar-refractivity contribution is 0.0677. The van der Waals surface area contributed by atoms with Crippen molar-refractivity contribution in [2.24, 2.45) is 5.41 Å². The molecular formula is C12H23N3O3S. The van der Waals surface area contributed by atoms with Gasteiger partial charge in [0.2, 0.25) is 0 Å². The van der Waals surface area contributed by atoms with E-state index in [2.05, 4.69) is 14.7 Å². The Labute approximate surface area is 114 Å². The van der Waals surface area contributed by atoms with E-state index in [0.717, 1.165) is 0 Å². The molecule has 0 bridgehead atoms. The first-order valence-electron chi connectivity index (χ1n) is 6.26. The van der Waals surface area contributed by atoms with Crippen molar-refractivity contribution in [1.29, 1.82) is 0 Å². The van der Waals surface area contributed by atoms with Crippen LogP contribution in [0, 0.1) is 5.41 Å². The van der Waals surface area contributed by atoms with Gasteiger partial charge in [0.25, 0.3) is 10.0 Å². The fourth-order valence-corrected chi connectivity index (χ4v) is 2.28. The van der Waals surface area contributed by atoms with Crippen molar-refractivity contribution in [3.63, 3.8) is 0 Å². The highest BCUT2D eigenvalue weighted by Crippen LogP contribution is 2.19. The highest BCUT2D eigenvalue weighted by Gasteiger charge is 2.25. The summed E-state index contributed by atoms with van der Waals surface area (Å²) in [6.45, 7) is 9.36. The summed E-state index contributed by atoms with van der Waals surface area (Å²) >= 11 is 0. The van der Waals surface area contributed by atoms with Gasteiger partial charge < -0.3 is 10.1 Å². The molecule has 0 aliphatic heterocycles. The summed E-state index contributed by atoms with van der Waals surface area (Å²) in [5, 5.41) is 9.86. The molecule has 1 atom stereocenters. The Morgan fingerprint density at radius 3 is 2.42 bits per heavy atom. The van der Waals surface area contributed by atoms with Gasteiger partial charge in [-0.2, -0.15) is 0 Å². The van der Waals surface area contributed by atoms with Crippen LogP contribution in [0.1, 0.15) is 46.4 Å². The third-order valence-corrected chi connectivity index (χ3v) is 4.21. The van der Waals surface area contributed by atoms with Gasteiger partial charge in [-0.3, -0.25) is 0 Å². The van der Waals surface area contributed by atoms with E-state index in [0.29, 0.717) is 5.82 Å². The van der Waals surface area contributed by atoms with Gasteiger partial charge in [-0.15, -0.1) is 0 Å². The van der Waals surface area contributed by atoms with Crippen LogP contribution in [0.4, 0.5) is 0 Å². The van der Waals surface area contributed by atoms with Crippen molar-refractivity contribution in [1.82, 2.24) is 14.7 Å². The lowest BCUT2D eigenvalue weighted by Gasteiger charge is -2.25. The first-order chi connectivity index (χ1) is 8.54. The van der Waals surface area contributed by atoms with Crippen LogP contribution in [0.15, 0.2) is 11.2 Å². The van der Waals surface area contributed by atoms with Crippen molar-refractivity contribution < 1.29 is 13.5 Å². The molecule has 1 heterocycles. The molecule has 0 spiro atoms. The number of rotatable bonds is 5. The van der Waals surface area contributed by atoms with Crippen LogP contribution < -0.4 is 4.72 Å². The number of aliphatic hydroxyl groups excluding tert-OH is 1. The minimum absolute atomic E-state index is 0.0253. The van der Waals surface area contributed by atoms with Crippen LogP contribution >= 0.6 is 0 Å². The number of nitrogens with zero attached hydrogens (tertiary/aromatic N) is 1. The van der Waals surface area contributed by atoms with Gasteiger partial charge in [0.05, 0.1) is 12.3 Å². The molecule has 0 fully saturated rings. The molecule has 3 N–H and O–H groups in total. The smallest absolute Gasteiger partial charge is 0.257 e. The molecule has 19 heavy (non-hydrogen) atoms. The summed E-state index contributed by atoms with van der Waals surface area (Å²) < 4.78 is 26.4. The minimum atomic E-state index is -3.66. The highest BCUT2D eigenvalue weighted by atomic mass is 32.2. The molecule has 0 radical (unpaired) electrons. The Bertz CT molecular complexity index is 515. The Morgan fingerprint density at radius 1 is 1.42 bits per heavy atom. The second-order valence-corrected chi connectivity index (χ2v) is 7.76. The number of hydrogen-bond acceptors (Lipinski definition) is 4. The first-order valence-corrected chi connectivity index (χ1v) is 7.75. The molecule has 0 amide bonds. The molecule has 1 rings (SSSR count). The minimum Gasteiger partial charge on any atom is -0.391 e. The molecule has 0 aliphatic rings. The number of aliphatic hydroxyl groups is 1. The molecule has 1 unspecified atom stereocenters. The predicted molar refractivity (Wildman–Crippen MR) is 73.3 cm³/mol. The molecule has 0 saturated heterocycles. The largest absolute Gasteiger partial charge is 0.391 e. The SMILES string of the molecule is CC(C)c1ncc(S(=O)(=O)NCC(O)C(C)(C)C)[nH]1. The van der Waals surface area contributed by atoms with Crippen molar-refractivity contribution in [3.05, 3.63) is 12.0 Å². The zero-order valence-corrected chi connectivity index (χ0v) is 12.9. The van der Waals surface area contributed by atoms with Crippen LogP contribution in [0.2, 0.25) is 0 Å². The fourth-order valence-electron chi connectivity index (χ4n) is 1.32. The van der Waals surface area contributed by atoms with Gasteiger partial charge in [0.15, 0.2) is 5.03 Å². The molecule has 0 aromatic carbocycles. The van der Waals surface area contributed by atoms with Gasteiger partial charge >= 0.3 is 0 Å². The third-order valence-electron chi connectivity index (χ3n) is 2.87. The summed E-state index contributed by atoms with van der Waals surface area (Å²) in [5.74, 6) is 0.751. The number of hydrogen-bond donors (Lipinski definition) is 3. The van der Waals surface area contributed by atoms with Gasteiger partial charge in [-0.1, -0.05) is 34.6 Å². The van der Waals surface area contributed by atoms with Gasteiger partial charge in [-0.25, -0.2) is 18.1 Å². The van der Waals surface area contributed by atoms with E-state index >= 15 is 0 Å². The first kappa shape index (κ1) is 16.1. The van der Waals surface area contributed by atoms with E-state index in [1.54, 1.807) is 0 Å². The number of aromatic amines is 1. The Kier molecular flexibility index (Phi) is 4.76. The highest BCUT2D eigenvalue weighted by molar-refractivity contribution is 7.89. The molecular weight excluding hydrogens is 266 g/mol. The van der Waals surface area contributed by atoms with E-state index in [1.807, 2.05) is 34.6 Å². The summed E-state index contributed by atoms with van der Waals surface area (Å²) in [6, 6.07) is 0. The normalized spacial score (nSPS) is 14.9. The summed E-state index contributed by atoms with van der Waals surface area (Å²) in [6.07, 6.45) is 0.538. The molecule has 6 nitrogen and oxygen atoms in total. The van der Waals surface area contributed by atoms with Gasteiger partial charge in [0.1, 0.15) is 5.82 Å². The lowest BCUT2D eigenvalue weighted by Crippen LogP contribution is -2.39. The zero-order valence-electron chi connectivity index (χ0n) is 12.1.